The molecule has 0 aromatic rings. The first-order chi connectivity index (χ1) is 35.7. The molecule has 6 N–H and O–H groups in total. The van der Waals surface area contributed by atoms with E-state index in [0.29, 0.717) is 19.4 Å². The quantitative estimate of drug-likeness (QED) is 0.0195. The number of ether oxygens (including phenoxy) is 3. The number of nitrogens with one attached hydrogen (secondary N) is 1. The molecule has 0 bridgehead atoms. The van der Waals surface area contributed by atoms with Gasteiger partial charge >= 0.3 is 5.97 Å². The molecule has 0 spiro atoms. The number of hydrogen-bond acceptors (Lipinski definition) is 10. The van der Waals surface area contributed by atoms with Gasteiger partial charge in [0.15, 0.2) is 6.29 Å². The number of aliphatic hydroxyl groups is 5. The predicted molar refractivity (Wildman–Crippen MR) is 301 cm³/mol. The summed E-state index contributed by atoms with van der Waals surface area (Å²) in [5.74, 6) is -0.190. The van der Waals surface area contributed by atoms with E-state index in [9.17, 15) is 35.1 Å². The summed E-state index contributed by atoms with van der Waals surface area (Å²) in [6, 6.07) is -0.813. The molecule has 1 aliphatic rings. The number of unbranched alkanes of at least 4 members (excludes halogenated alkanes) is 38. The summed E-state index contributed by atoms with van der Waals surface area (Å²) >= 11 is 0. The zero-order valence-electron chi connectivity index (χ0n) is 47.4. The van der Waals surface area contributed by atoms with Crippen LogP contribution >= 0.6 is 0 Å². The van der Waals surface area contributed by atoms with Crippen molar-refractivity contribution in [2.45, 2.75) is 339 Å². The Morgan fingerprint density at radius 2 is 0.877 bits per heavy atom. The first kappa shape index (κ1) is 69.2. The van der Waals surface area contributed by atoms with Crippen molar-refractivity contribution in [1.29, 1.82) is 0 Å². The molecule has 430 valence electrons. The monoisotopic (exact) mass is 1040 g/mol. The van der Waals surface area contributed by atoms with Crippen LogP contribution in [-0.2, 0) is 23.8 Å². The summed E-state index contributed by atoms with van der Waals surface area (Å²) in [4.78, 5) is 25.1. The topological polar surface area (TPSA) is 175 Å². The van der Waals surface area contributed by atoms with Gasteiger partial charge in [-0.3, -0.25) is 9.59 Å². The van der Waals surface area contributed by atoms with Crippen LogP contribution in [0, 0.1) is 0 Å². The van der Waals surface area contributed by atoms with Crippen LogP contribution in [0.25, 0.3) is 0 Å². The minimum Gasteiger partial charge on any atom is -0.466 e. The van der Waals surface area contributed by atoms with Gasteiger partial charge in [0, 0.05) is 12.8 Å². The largest absolute Gasteiger partial charge is 0.466 e. The first-order valence-electron chi connectivity index (χ1n) is 31.1. The number of carbonyl (C=O) groups excluding carboxylic acids is 2. The fourth-order valence-electron chi connectivity index (χ4n) is 9.84. The highest BCUT2D eigenvalue weighted by atomic mass is 16.7. The number of hydrogen-bond donors (Lipinski definition) is 6. The minimum absolute atomic E-state index is 0.000141. The maximum Gasteiger partial charge on any atom is 0.305 e. The van der Waals surface area contributed by atoms with E-state index in [-0.39, 0.29) is 18.5 Å². The smallest absolute Gasteiger partial charge is 0.305 e. The normalized spacial score (nSPS) is 19.0. The molecule has 1 amide bonds. The second kappa shape index (κ2) is 52.2. The van der Waals surface area contributed by atoms with Crippen molar-refractivity contribution in [2.75, 3.05) is 19.8 Å². The molecule has 1 saturated heterocycles. The van der Waals surface area contributed by atoms with E-state index < -0.39 is 49.5 Å². The van der Waals surface area contributed by atoms with E-state index in [1.165, 1.54) is 199 Å². The molecule has 0 saturated carbocycles. The molecule has 1 rings (SSSR count). The molecule has 11 nitrogen and oxygen atoms in total. The zero-order chi connectivity index (χ0) is 53.1. The third-order valence-electron chi connectivity index (χ3n) is 14.8. The Bertz CT molecular complexity index is 1260. The van der Waals surface area contributed by atoms with Crippen molar-refractivity contribution in [3.63, 3.8) is 0 Å². The number of allylic oxidation sites excluding steroid dienone is 3. The molecule has 0 aromatic carbocycles. The van der Waals surface area contributed by atoms with Crippen LogP contribution in [0.1, 0.15) is 296 Å². The van der Waals surface area contributed by atoms with Gasteiger partial charge in [-0.1, -0.05) is 250 Å². The molecule has 1 heterocycles. The van der Waals surface area contributed by atoms with Crippen LogP contribution in [0.15, 0.2) is 24.3 Å². The van der Waals surface area contributed by atoms with Gasteiger partial charge in [0.1, 0.15) is 24.4 Å². The third-order valence-corrected chi connectivity index (χ3v) is 14.8. The third kappa shape index (κ3) is 41.9. The van der Waals surface area contributed by atoms with E-state index in [2.05, 4.69) is 31.3 Å². The summed E-state index contributed by atoms with van der Waals surface area (Å²) in [5, 5.41) is 54.2. The molecule has 0 aliphatic carbocycles. The van der Waals surface area contributed by atoms with E-state index in [1.54, 1.807) is 6.08 Å². The first-order valence-corrected chi connectivity index (χ1v) is 31.1. The fourth-order valence-corrected chi connectivity index (χ4v) is 9.84. The molecular formula is C62H117NO10. The SMILES string of the molecule is CCCCCCCCC/C=C/C(O)C(COC1OC(CO)C(O)C(O)C1O)NC(=O)CCCCCCCCC/C=C\CCCCCCCCCCCCCOC(=O)CCCCCCCCCCCCCCCC. The van der Waals surface area contributed by atoms with Crippen LogP contribution in [0.2, 0.25) is 0 Å². The van der Waals surface area contributed by atoms with E-state index in [1.807, 2.05) is 6.08 Å². The number of aliphatic hydroxyl groups excluding tert-OH is 5. The van der Waals surface area contributed by atoms with Crippen molar-refractivity contribution >= 4 is 11.9 Å². The Labute approximate surface area is 448 Å². The average Bonchev–Trinajstić information content (AvgIpc) is 3.39. The standard InChI is InChI=1S/C62H117NO10/c1-3-5-7-9-11-13-14-15-27-30-34-38-42-46-50-58(67)71-51-47-43-39-35-31-28-25-23-21-19-17-16-18-20-22-24-26-29-33-37-41-45-49-57(66)63-54(55(65)48-44-40-36-32-12-10-8-6-4-2)53-72-62-61(70)60(69)59(68)56(52-64)73-62/h18,20,44,48,54-56,59-62,64-65,68-70H,3-17,19,21-43,45-47,49-53H2,1-2H3,(H,63,66)/b20-18-,48-44+. The minimum atomic E-state index is -1.57. The van der Waals surface area contributed by atoms with Crippen LogP contribution in [0.3, 0.4) is 0 Å². The van der Waals surface area contributed by atoms with Gasteiger partial charge in [0.2, 0.25) is 5.91 Å². The molecule has 0 aromatic heterocycles. The Balaban J connectivity index is 2.00. The van der Waals surface area contributed by atoms with Gasteiger partial charge in [-0.15, -0.1) is 0 Å². The molecular weight excluding hydrogens is 919 g/mol. The molecule has 1 aliphatic heterocycles. The second-order valence-electron chi connectivity index (χ2n) is 21.8. The van der Waals surface area contributed by atoms with Crippen molar-refractivity contribution in [1.82, 2.24) is 5.32 Å². The second-order valence-corrected chi connectivity index (χ2v) is 21.8. The van der Waals surface area contributed by atoms with Crippen LogP contribution in [0.5, 0.6) is 0 Å². The highest BCUT2D eigenvalue weighted by molar-refractivity contribution is 5.76. The van der Waals surface area contributed by atoms with Gasteiger partial charge in [0.25, 0.3) is 0 Å². The number of rotatable bonds is 54. The van der Waals surface area contributed by atoms with Crippen LogP contribution < -0.4 is 5.32 Å². The Morgan fingerprint density at radius 1 is 0.493 bits per heavy atom. The lowest BCUT2D eigenvalue weighted by molar-refractivity contribution is -0.302. The maximum absolute atomic E-state index is 13.0. The fraction of sp³-hybridized carbons (Fsp3) is 0.903. The molecule has 7 unspecified atom stereocenters. The lowest BCUT2D eigenvalue weighted by Crippen LogP contribution is -2.60. The Kier molecular flexibility index (Phi) is 49.5. The van der Waals surface area contributed by atoms with Gasteiger partial charge in [0.05, 0.1) is 32.0 Å². The van der Waals surface area contributed by atoms with E-state index in [0.717, 1.165) is 70.6 Å². The van der Waals surface area contributed by atoms with Gasteiger partial charge in [-0.25, -0.2) is 0 Å². The van der Waals surface area contributed by atoms with Gasteiger partial charge in [-0.2, -0.15) is 0 Å². The number of amides is 1. The molecule has 7 atom stereocenters. The Morgan fingerprint density at radius 3 is 1.32 bits per heavy atom. The van der Waals surface area contributed by atoms with Crippen molar-refractivity contribution in [3.05, 3.63) is 24.3 Å². The molecule has 0 radical (unpaired) electrons. The Hall–Kier alpha value is -1.86. The highest BCUT2D eigenvalue weighted by Crippen LogP contribution is 2.23. The zero-order valence-corrected chi connectivity index (χ0v) is 47.4. The lowest BCUT2D eigenvalue weighted by Gasteiger charge is -2.40. The van der Waals surface area contributed by atoms with E-state index >= 15 is 0 Å². The van der Waals surface area contributed by atoms with Crippen molar-refractivity contribution < 1.29 is 49.3 Å². The van der Waals surface area contributed by atoms with Crippen LogP contribution in [-0.4, -0.2) is 100 Å². The van der Waals surface area contributed by atoms with Crippen LogP contribution in [0.4, 0.5) is 0 Å². The van der Waals surface area contributed by atoms with Crippen molar-refractivity contribution in [2.24, 2.45) is 0 Å². The maximum atomic E-state index is 13.0. The average molecular weight is 1040 g/mol. The van der Waals surface area contributed by atoms with Gasteiger partial charge < -0.3 is 45.1 Å². The predicted octanol–water partition coefficient (Wildman–Crippen LogP) is 14.5. The number of esters is 1. The highest BCUT2D eigenvalue weighted by Gasteiger charge is 2.44. The summed E-state index contributed by atoms with van der Waals surface area (Å²) in [6.07, 6.45) is 52.9. The van der Waals surface area contributed by atoms with E-state index in [4.69, 9.17) is 14.2 Å². The van der Waals surface area contributed by atoms with Crippen molar-refractivity contribution in [3.8, 4) is 0 Å². The lowest BCUT2D eigenvalue weighted by atomic mass is 9.99. The molecule has 73 heavy (non-hydrogen) atoms. The number of carbonyl (C=O) groups is 2. The summed E-state index contributed by atoms with van der Waals surface area (Å²) in [6.45, 7) is 4.32. The van der Waals surface area contributed by atoms with Gasteiger partial charge in [-0.05, 0) is 57.8 Å². The summed E-state index contributed by atoms with van der Waals surface area (Å²) in [7, 11) is 0. The summed E-state index contributed by atoms with van der Waals surface area (Å²) in [5.41, 5.74) is 0. The molecule has 11 heteroatoms. The molecule has 1 fully saturated rings. The summed E-state index contributed by atoms with van der Waals surface area (Å²) < 4.78 is 16.7.